The molecular weight excluding hydrogens is 122 g/mol. The van der Waals surface area contributed by atoms with E-state index < -0.39 is 0 Å². The monoisotopic (exact) mass is 140 g/mol. The fourth-order valence-corrected chi connectivity index (χ4v) is 1.71. The molecule has 0 spiro atoms. The van der Waals surface area contributed by atoms with Gasteiger partial charge in [-0.25, -0.2) is 0 Å². The summed E-state index contributed by atoms with van der Waals surface area (Å²) in [5, 5.41) is 0. The van der Waals surface area contributed by atoms with Gasteiger partial charge in [0.1, 0.15) is 0 Å². The number of rotatable bonds is 2. The van der Waals surface area contributed by atoms with Crippen molar-refractivity contribution in [1.82, 2.24) is 4.90 Å². The van der Waals surface area contributed by atoms with Crippen molar-refractivity contribution in [3.05, 3.63) is 7.05 Å². The van der Waals surface area contributed by atoms with Crippen molar-refractivity contribution in [1.29, 1.82) is 0 Å². The predicted molar refractivity (Wildman–Crippen MR) is 44.5 cm³/mol. The van der Waals surface area contributed by atoms with Gasteiger partial charge in [-0.05, 0) is 31.7 Å². The molecule has 59 valence electrons. The molecule has 1 heteroatoms. The molecule has 0 saturated carbocycles. The summed E-state index contributed by atoms with van der Waals surface area (Å²) in [6, 6.07) is 0.778. The van der Waals surface area contributed by atoms with E-state index >= 15 is 0 Å². The third-order valence-corrected chi connectivity index (χ3v) is 2.24. The van der Waals surface area contributed by atoms with E-state index in [4.69, 9.17) is 0 Å². The maximum atomic E-state index is 4.01. The number of likely N-dealkylation sites (tertiary alicyclic amines) is 1. The Labute approximate surface area is 64.4 Å². The van der Waals surface area contributed by atoms with Gasteiger partial charge in [-0.1, -0.05) is 13.8 Å². The van der Waals surface area contributed by atoms with Crippen molar-refractivity contribution in [3.8, 4) is 0 Å². The van der Waals surface area contributed by atoms with E-state index in [-0.39, 0.29) is 0 Å². The maximum Gasteiger partial charge on any atom is 0.0112 e. The van der Waals surface area contributed by atoms with Gasteiger partial charge in [0.25, 0.3) is 0 Å². The number of nitrogens with zero attached hydrogens (tertiary/aromatic N) is 1. The normalized spacial score (nSPS) is 28.2. The molecule has 10 heavy (non-hydrogen) atoms. The first-order chi connectivity index (χ1) is 4.70. The summed E-state index contributed by atoms with van der Waals surface area (Å²) in [6.45, 7) is 5.77. The highest BCUT2D eigenvalue weighted by molar-refractivity contribution is 4.78. The molecule has 1 aliphatic rings. The van der Waals surface area contributed by atoms with Gasteiger partial charge in [-0.2, -0.15) is 0 Å². The SMILES string of the molecule is [CH2]N1CCCC1CC(C)C. The standard InChI is InChI=1S/C9H18N/c1-8(2)7-9-5-4-6-10(9)3/h8-9H,3-7H2,1-2H3. The fourth-order valence-electron chi connectivity index (χ4n) is 1.71. The summed E-state index contributed by atoms with van der Waals surface area (Å²) in [5.41, 5.74) is 0. The molecular formula is C9H18N. The van der Waals surface area contributed by atoms with Crippen LogP contribution in [0.15, 0.2) is 0 Å². The van der Waals surface area contributed by atoms with Crippen molar-refractivity contribution in [2.24, 2.45) is 5.92 Å². The lowest BCUT2D eigenvalue weighted by Gasteiger charge is -2.20. The molecule has 1 saturated heterocycles. The van der Waals surface area contributed by atoms with Crippen molar-refractivity contribution >= 4 is 0 Å². The first-order valence-electron chi connectivity index (χ1n) is 4.27. The summed E-state index contributed by atoms with van der Waals surface area (Å²) in [5.74, 6) is 0.826. The van der Waals surface area contributed by atoms with Crippen molar-refractivity contribution in [2.75, 3.05) is 6.54 Å². The second-order valence-corrected chi connectivity index (χ2v) is 3.74. The zero-order valence-corrected chi connectivity index (χ0v) is 7.14. The molecule has 1 radical (unpaired) electrons. The lowest BCUT2D eigenvalue weighted by atomic mass is 10.0. The Morgan fingerprint density at radius 1 is 1.60 bits per heavy atom. The molecule has 0 aromatic rings. The van der Waals surface area contributed by atoms with E-state index in [0.29, 0.717) is 0 Å². The fraction of sp³-hybridized carbons (Fsp3) is 0.889. The number of hydrogen-bond acceptors (Lipinski definition) is 1. The van der Waals surface area contributed by atoms with Crippen LogP contribution in [0, 0.1) is 13.0 Å². The molecule has 1 rings (SSSR count). The Bertz CT molecular complexity index is 98.9. The van der Waals surface area contributed by atoms with Crippen LogP contribution in [0.2, 0.25) is 0 Å². The van der Waals surface area contributed by atoms with Crippen LogP contribution < -0.4 is 0 Å². The average Bonchev–Trinajstić information content (AvgIpc) is 2.15. The maximum absolute atomic E-state index is 4.01. The third kappa shape index (κ3) is 1.98. The van der Waals surface area contributed by atoms with Crippen LogP contribution in [0.5, 0.6) is 0 Å². The molecule has 0 amide bonds. The highest BCUT2D eigenvalue weighted by Gasteiger charge is 2.20. The lowest BCUT2D eigenvalue weighted by molar-refractivity contribution is 0.299. The summed E-state index contributed by atoms with van der Waals surface area (Å²) >= 11 is 0. The van der Waals surface area contributed by atoms with E-state index in [2.05, 4.69) is 25.8 Å². The molecule has 1 unspecified atom stereocenters. The van der Waals surface area contributed by atoms with Crippen molar-refractivity contribution < 1.29 is 0 Å². The molecule has 1 atom stereocenters. The lowest BCUT2D eigenvalue weighted by Crippen LogP contribution is -2.24. The summed E-state index contributed by atoms with van der Waals surface area (Å²) in [6.07, 6.45) is 4.03. The van der Waals surface area contributed by atoms with E-state index in [1.807, 2.05) is 0 Å². The van der Waals surface area contributed by atoms with Gasteiger partial charge >= 0.3 is 0 Å². The van der Waals surface area contributed by atoms with E-state index in [0.717, 1.165) is 12.0 Å². The highest BCUT2D eigenvalue weighted by Crippen LogP contribution is 2.21. The first kappa shape index (κ1) is 8.06. The van der Waals surface area contributed by atoms with E-state index in [9.17, 15) is 0 Å². The van der Waals surface area contributed by atoms with Gasteiger partial charge in [0.05, 0.1) is 0 Å². The van der Waals surface area contributed by atoms with E-state index in [1.165, 1.54) is 25.8 Å². The van der Waals surface area contributed by atoms with Gasteiger partial charge in [0.2, 0.25) is 0 Å². The van der Waals surface area contributed by atoms with Crippen LogP contribution in [0.4, 0.5) is 0 Å². The topological polar surface area (TPSA) is 3.24 Å². The molecule has 1 aliphatic heterocycles. The van der Waals surface area contributed by atoms with Crippen LogP contribution in [0.1, 0.15) is 33.1 Å². The van der Waals surface area contributed by atoms with Crippen molar-refractivity contribution in [2.45, 2.75) is 39.2 Å². The van der Waals surface area contributed by atoms with Gasteiger partial charge in [0, 0.05) is 13.1 Å². The van der Waals surface area contributed by atoms with Crippen LogP contribution in [0.25, 0.3) is 0 Å². The minimum Gasteiger partial charge on any atom is -0.299 e. The Kier molecular flexibility index (Phi) is 2.72. The minimum absolute atomic E-state index is 0.778. The molecule has 0 bridgehead atoms. The Morgan fingerprint density at radius 2 is 2.30 bits per heavy atom. The largest absolute Gasteiger partial charge is 0.299 e. The minimum atomic E-state index is 0.778. The van der Waals surface area contributed by atoms with Crippen LogP contribution in [-0.4, -0.2) is 17.5 Å². The van der Waals surface area contributed by atoms with Crippen LogP contribution >= 0.6 is 0 Å². The molecule has 1 nitrogen and oxygen atoms in total. The Morgan fingerprint density at radius 3 is 2.70 bits per heavy atom. The Hall–Kier alpha value is -0.0400. The smallest absolute Gasteiger partial charge is 0.0112 e. The molecule has 0 N–H and O–H groups in total. The predicted octanol–water partition coefficient (Wildman–Crippen LogP) is 2.29. The zero-order chi connectivity index (χ0) is 7.56. The highest BCUT2D eigenvalue weighted by atomic mass is 15.1. The second kappa shape index (κ2) is 3.38. The molecule has 0 aromatic heterocycles. The van der Waals surface area contributed by atoms with Gasteiger partial charge in [-0.15, -0.1) is 0 Å². The first-order valence-corrected chi connectivity index (χ1v) is 4.27. The van der Waals surface area contributed by atoms with Crippen molar-refractivity contribution in [3.63, 3.8) is 0 Å². The van der Waals surface area contributed by atoms with Gasteiger partial charge in [0.15, 0.2) is 0 Å². The molecule has 1 fully saturated rings. The van der Waals surface area contributed by atoms with Gasteiger partial charge < -0.3 is 0 Å². The number of hydrogen-bond donors (Lipinski definition) is 0. The van der Waals surface area contributed by atoms with Gasteiger partial charge in [-0.3, -0.25) is 4.90 Å². The van der Waals surface area contributed by atoms with Crippen LogP contribution in [0.3, 0.4) is 0 Å². The van der Waals surface area contributed by atoms with E-state index in [1.54, 1.807) is 0 Å². The third-order valence-electron chi connectivity index (χ3n) is 2.24. The Balaban J connectivity index is 2.26. The molecule has 1 heterocycles. The summed E-state index contributed by atoms with van der Waals surface area (Å²) in [7, 11) is 4.01. The summed E-state index contributed by atoms with van der Waals surface area (Å²) < 4.78 is 0. The quantitative estimate of drug-likeness (QED) is 0.569. The average molecular weight is 140 g/mol. The molecule has 0 aliphatic carbocycles. The second-order valence-electron chi connectivity index (χ2n) is 3.74. The molecule has 0 aromatic carbocycles. The summed E-state index contributed by atoms with van der Waals surface area (Å²) in [4.78, 5) is 2.25. The van der Waals surface area contributed by atoms with Crippen LogP contribution in [-0.2, 0) is 0 Å². The zero-order valence-electron chi connectivity index (χ0n) is 7.14.